The van der Waals surface area contributed by atoms with Gasteiger partial charge in [0, 0.05) is 11.6 Å². The quantitative estimate of drug-likeness (QED) is 0.493. The average Bonchev–Trinajstić information content (AvgIpc) is 2.83. The van der Waals surface area contributed by atoms with Gasteiger partial charge in [-0.05, 0) is 13.8 Å². The van der Waals surface area contributed by atoms with Crippen molar-refractivity contribution in [1.82, 2.24) is 9.78 Å². The van der Waals surface area contributed by atoms with Gasteiger partial charge in [0.2, 0.25) is 0 Å². The third kappa shape index (κ3) is 2.87. The molecule has 0 aliphatic heterocycles. The molecular weight excluding hydrogens is 303 g/mol. The number of pyridine rings is 1. The average molecular weight is 315 g/mol. The number of hydrogen-bond donors (Lipinski definition) is 0. The minimum atomic E-state index is -4.81. The van der Waals surface area contributed by atoms with E-state index in [-0.39, 0.29) is 17.9 Å². The highest BCUT2D eigenvalue weighted by molar-refractivity contribution is 5.90. The molecule has 0 aliphatic rings. The zero-order valence-corrected chi connectivity index (χ0v) is 11.7. The highest BCUT2D eigenvalue weighted by Gasteiger charge is 2.41. The molecule has 2 aromatic rings. The summed E-state index contributed by atoms with van der Waals surface area (Å²) in [6.45, 7) is 2.90. The van der Waals surface area contributed by atoms with Gasteiger partial charge in [-0.15, -0.1) is 0 Å². The second-order valence-corrected chi connectivity index (χ2v) is 4.41. The smallest absolute Gasteiger partial charge is 0.434 e. The number of aryl methyl sites for hydroxylation is 1. The topological polar surface area (TPSA) is 71.1 Å². The van der Waals surface area contributed by atoms with E-state index in [4.69, 9.17) is 0 Å². The van der Waals surface area contributed by atoms with Crippen molar-refractivity contribution in [2.24, 2.45) is 0 Å². The Morgan fingerprint density at radius 3 is 2.73 bits per heavy atom. The van der Waals surface area contributed by atoms with Crippen LogP contribution in [-0.4, -0.2) is 22.4 Å². The molecule has 0 saturated carbocycles. The van der Waals surface area contributed by atoms with Crippen LogP contribution in [0.1, 0.15) is 28.5 Å². The lowest BCUT2D eigenvalue weighted by molar-refractivity contribution is -0.605. The Kier molecular flexibility index (Phi) is 4.07. The molecule has 0 radical (unpaired) electrons. The Labute approximate surface area is 123 Å². The van der Waals surface area contributed by atoms with Crippen molar-refractivity contribution >= 4 is 5.97 Å². The summed E-state index contributed by atoms with van der Waals surface area (Å²) in [5.74, 6) is -1.10. The second-order valence-electron chi connectivity index (χ2n) is 4.41. The number of carbonyl (C=O) groups excluding carboxylic acids is 1. The Bertz CT molecular complexity index is 710. The van der Waals surface area contributed by atoms with Crippen LogP contribution in [0.3, 0.4) is 0 Å². The predicted octanol–water partition coefficient (Wildman–Crippen LogP) is 2.01. The number of nitrogens with zero attached hydrogens (tertiary/aromatic N) is 3. The first-order valence-corrected chi connectivity index (χ1v) is 6.27. The number of ether oxygens (including phenoxy) is 1. The molecule has 0 atom stereocenters. The summed E-state index contributed by atoms with van der Waals surface area (Å²) < 4.78 is 45.6. The van der Waals surface area contributed by atoms with Gasteiger partial charge in [0.25, 0.3) is 0 Å². The van der Waals surface area contributed by atoms with E-state index in [0.29, 0.717) is 9.41 Å². The fourth-order valence-corrected chi connectivity index (χ4v) is 1.98. The summed E-state index contributed by atoms with van der Waals surface area (Å²) in [7, 11) is 0. The summed E-state index contributed by atoms with van der Waals surface area (Å²) in [6, 6.07) is 1.19. The number of hydrogen-bond acceptors (Lipinski definition) is 4. The number of aromatic nitrogens is 3. The Balaban J connectivity index is 2.64. The van der Waals surface area contributed by atoms with Gasteiger partial charge in [0.05, 0.1) is 18.5 Å². The highest BCUT2D eigenvalue weighted by Crippen LogP contribution is 2.34. The summed E-state index contributed by atoms with van der Waals surface area (Å²) in [6.07, 6.45) is -1.85. The van der Waals surface area contributed by atoms with Gasteiger partial charge in [-0.3, -0.25) is 0 Å². The van der Waals surface area contributed by atoms with Crippen molar-refractivity contribution in [3.05, 3.63) is 46.7 Å². The van der Waals surface area contributed by atoms with Crippen LogP contribution >= 0.6 is 0 Å². The van der Waals surface area contributed by atoms with Crippen molar-refractivity contribution in [1.29, 1.82) is 0 Å². The Hall–Kier alpha value is -2.58. The van der Waals surface area contributed by atoms with Crippen LogP contribution in [0, 0.1) is 12.1 Å². The molecule has 0 fully saturated rings. The fraction of sp³-hybridized carbons (Fsp3) is 0.308. The van der Waals surface area contributed by atoms with Crippen LogP contribution in [0.2, 0.25) is 0 Å². The molecule has 6 nitrogen and oxygen atoms in total. The fourth-order valence-electron chi connectivity index (χ4n) is 1.98. The summed E-state index contributed by atoms with van der Waals surface area (Å²) in [5.41, 5.74) is -1.58. The molecule has 0 N–H and O–H groups in total. The highest BCUT2D eigenvalue weighted by atomic mass is 19.4. The molecule has 0 aromatic carbocycles. The predicted molar refractivity (Wildman–Crippen MR) is 68.2 cm³/mol. The lowest BCUT2D eigenvalue weighted by Crippen LogP contribution is -2.26. The van der Waals surface area contributed by atoms with Gasteiger partial charge in [-0.25, -0.2) is 9.48 Å². The molecular formula is C13H12F3N3O3. The van der Waals surface area contributed by atoms with E-state index in [1.807, 2.05) is 0 Å². The van der Waals surface area contributed by atoms with Crippen LogP contribution < -0.4 is 4.73 Å². The van der Waals surface area contributed by atoms with Crippen LogP contribution in [-0.2, 0) is 10.9 Å². The largest absolute Gasteiger partial charge is 0.619 e. The molecule has 9 heteroatoms. The molecule has 0 unspecified atom stereocenters. The van der Waals surface area contributed by atoms with E-state index in [1.165, 1.54) is 19.9 Å². The monoisotopic (exact) mass is 315 g/mol. The van der Waals surface area contributed by atoms with Crippen LogP contribution in [0.5, 0.6) is 0 Å². The Morgan fingerprint density at radius 2 is 2.18 bits per heavy atom. The minimum absolute atomic E-state index is 0.0509. The SMILES string of the molecule is CCOC(=O)c1cnn(-c2cc[n+]([O-])cc2C)c1C(F)(F)F. The van der Waals surface area contributed by atoms with Crippen LogP contribution in [0.4, 0.5) is 13.2 Å². The van der Waals surface area contributed by atoms with Gasteiger partial charge in [0.15, 0.2) is 18.1 Å². The lowest BCUT2D eigenvalue weighted by Gasteiger charge is -2.13. The molecule has 0 amide bonds. The van der Waals surface area contributed by atoms with Gasteiger partial charge < -0.3 is 9.94 Å². The first kappa shape index (κ1) is 15.8. The lowest BCUT2D eigenvalue weighted by atomic mass is 10.2. The Morgan fingerprint density at radius 1 is 1.50 bits per heavy atom. The maximum atomic E-state index is 13.3. The van der Waals surface area contributed by atoms with Crippen molar-refractivity contribution < 1.29 is 27.4 Å². The summed E-state index contributed by atoms with van der Waals surface area (Å²) in [5, 5.41) is 14.8. The van der Waals surface area contributed by atoms with E-state index in [0.717, 1.165) is 18.6 Å². The molecule has 2 aromatic heterocycles. The third-order valence-corrected chi connectivity index (χ3v) is 2.87. The number of rotatable bonds is 3. The van der Waals surface area contributed by atoms with Crippen LogP contribution in [0.25, 0.3) is 5.69 Å². The molecule has 0 aliphatic carbocycles. The first-order chi connectivity index (χ1) is 10.3. The van der Waals surface area contributed by atoms with E-state index in [9.17, 15) is 23.2 Å². The van der Waals surface area contributed by atoms with Gasteiger partial charge in [0.1, 0.15) is 5.56 Å². The molecule has 0 saturated heterocycles. The maximum Gasteiger partial charge on any atom is 0.434 e. The summed E-state index contributed by atoms with van der Waals surface area (Å²) in [4.78, 5) is 11.7. The molecule has 0 bridgehead atoms. The van der Waals surface area contributed by atoms with Crippen LogP contribution in [0.15, 0.2) is 24.7 Å². The van der Waals surface area contributed by atoms with Crippen molar-refractivity contribution in [3.63, 3.8) is 0 Å². The van der Waals surface area contributed by atoms with E-state index < -0.39 is 23.4 Å². The zero-order chi connectivity index (χ0) is 16.5. The second kappa shape index (κ2) is 5.66. The van der Waals surface area contributed by atoms with E-state index in [2.05, 4.69) is 9.84 Å². The number of alkyl halides is 3. The molecule has 2 rings (SSSR count). The molecule has 2 heterocycles. The van der Waals surface area contributed by atoms with E-state index in [1.54, 1.807) is 0 Å². The minimum Gasteiger partial charge on any atom is -0.619 e. The number of esters is 1. The third-order valence-electron chi connectivity index (χ3n) is 2.87. The standard InChI is InChI=1S/C13H12F3N3O3/c1-3-22-12(20)9-6-17-19(11(9)13(14,15)16)10-4-5-18(21)7-8(10)2/h4-7H,3H2,1-2H3. The number of carbonyl (C=O) groups is 1. The normalized spacial score (nSPS) is 11.5. The van der Waals surface area contributed by atoms with Gasteiger partial charge in [-0.2, -0.15) is 23.0 Å². The number of halogens is 3. The van der Waals surface area contributed by atoms with Gasteiger partial charge >= 0.3 is 12.1 Å². The summed E-state index contributed by atoms with van der Waals surface area (Å²) >= 11 is 0. The van der Waals surface area contributed by atoms with Crippen molar-refractivity contribution in [3.8, 4) is 5.69 Å². The molecule has 118 valence electrons. The zero-order valence-electron chi connectivity index (χ0n) is 11.7. The maximum absolute atomic E-state index is 13.3. The van der Waals surface area contributed by atoms with E-state index >= 15 is 0 Å². The molecule has 0 spiro atoms. The first-order valence-electron chi connectivity index (χ1n) is 6.27. The van der Waals surface area contributed by atoms with Gasteiger partial charge in [-0.1, -0.05) is 0 Å². The van der Waals surface area contributed by atoms with Crippen molar-refractivity contribution in [2.45, 2.75) is 20.0 Å². The van der Waals surface area contributed by atoms with Crippen molar-refractivity contribution in [2.75, 3.05) is 6.61 Å². The molecule has 22 heavy (non-hydrogen) atoms.